The molecule has 3 aromatic carbocycles. The van der Waals surface area contributed by atoms with E-state index in [0.29, 0.717) is 51.8 Å². The Hall–Kier alpha value is -4.25. The Morgan fingerprint density at radius 2 is 1.87 bits per heavy atom. The molecule has 1 saturated carbocycles. The van der Waals surface area contributed by atoms with Crippen molar-refractivity contribution in [3.8, 4) is 17.2 Å². The molecule has 6 rings (SSSR count). The summed E-state index contributed by atoms with van der Waals surface area (Å²) in [7, 11) is 0. The number of hydrogen-bond acceptors (Lipinski definition) is 5. The number of H-pyrrole nitrogens is 1. The van der Waals surface area contributed by atoms with E-state index >= 15 is 0 Å². The van der Waals surface area contributed by atoms with Gasteiger partial charge in [0.25, 0.3) is 11.5 Å². The smallest absolute Gasteiger partial charge is 0.256 e. The Kier molecular flexibility index (Phi) is 6.30. The summed E-state index contributed by atoms with van der Waals surface area (Å²) in [5.41, 5.74) is 4.12. The maximum absolute atomic E-state index is 13.3. The number of nitrogens with one attached hydrogen (secondary N) is 1. The number of fused-ring (bicyclic) bond motifs is 1. The highest BCUT2D eigenvalue weighted by atomic mass is 35.5. The number of rotatable bonds is 5. The third-order valence-corrected chi connectivity index (χ3v) is 7.92. The second kappa shape index (κ2) is 9.81. The van der Waals surface area contributed by atoms with Gasteiger partial charge in [-0.1, -0.05) is 60.1 Å². The zero-order valence-corrected chi connectivity index (χ0v) is 21.8. The van der Waals surface area contributed by atoms with Crippen LogP contribution in [0.1, 0.15) is 52.7 Å². The Morgan fingerprint density at radius 1 is 1.08 bits per heavy atom. The lowest BCUT2D eigenvalue weighted by molar-refractivity contribution is -0.141. The maximum Gasteiger partial charge on any atom is 0.256 e. The van der Waals surface area contributed by atoms with E-state index in [1.54, 1.807) is 36.4 Å². The van der Waals surface area contributed by atoms with Crippen molar-refractivity contribution in [3.63, 3.8) is 0 Å². The van der Waals surface area contributed by atoms with E-state index in [0.717, 1.165) is 24.0 Å². The number of carbonyl (C=O) groups excluding carboxylic acids is 1. The number of benzene rings is 3. The van der Waals surface area contributed by atoms with Crippen molar-refractivity contribution in [2.45, 2.75) is 37.3 Å². The van der Waals surface area contributed by atoms with Crippen LogP contribution >= 0.6 is 11.6 Å². The van der Waals surface area contributed by atoms with Gasteiger partial charge >= 0.3 is 0 Å². The fourth-order valence-corrected chi connectivity index (χ4v) is 5.64. The van der Waals surface area contributed by atoms with Crippen molar-refractivity contribution in [3.05, 3.63) is 122 Å². The number of nitriles is 1. The Morgan fingerprint density at radius 3 is 2.62 bits per heavy atom. The van der Waals surface area contributed by atoms with Crippen LogP contribution in [-0.2, 0) is 23.2 Å². The molecule has 1 fully saturated rings. The van der Waals surface area contributed by atoms with Crippen LogP contribution in [0, 0.1) is 11.3 Å². The Labute approximate surface area is 230 Å². The van der Waals surface area contributed by atoms with Crippen molar-refractivity contribution in [2.75, 3.05) is 6.54 Å². The largest absolute Gasteiger partial charge is 0.378 e. The topological polar surface area (TPSA) is 110 Å². The molecule has 2 heterocycles. The van der Waals surface area contributed by atoms with E-state index < -0.39 is 12.0 Å². The lowest BCUT2D eigenvalue weighted by atomic mass is 9.94. The number of aliphatic hydroxyl groups is 1. The van der Waals surface area contributed by atoms with Crippen molar-refractivity contribution >= 4 is 17.5 Å². The van der Waals surface area contributed by atoms with Crippen LogP contribution in [0.25, 0.3) is 11.1 Å². The van der Waals surface area contributed by atoms with Crippen LogP contribution < -0.4 is 5.56 Å². The summed E-state index contributed by atoms with van der Waals surface area (Å²) >= 11 is 6.16. The van der Waals surface area contributed by atoms with E-state index in [9.17, 15) is 20.0 Å². The summed E-state index contributed by atoms with van der Waals surface area (Å²) in [6.07, 6.45) is 0.901. The highest BCUT2D eigenvalue weighted by Crippen LogP contribution is 2.52. The van der Waals surface area contributed by atoms with E-state index in [1.165, 1.54) is 4.90 Å². The molecule has 1 aliphatic carbocycles. The number of amides is 1. The van der Waals surface area contributed by atoms with Gasteiger partial charge in [-0.3, -0.25) is 9.59 Å². The zero-order valence-electron chi connectivity index (χ0n) is 21.0. The predicted molar refractivity (Wildman–Crippen MR) is 147 cm³/mol. The van der Waals surface area contributed by atoms with Crippen LogP contribution in [0.5, 0.6) is 0 Å². The lowest BCUT2D eigenvalue weighted by Gasteiger charge is -2.30. The molecule has 7 nitrogen and oxygen atoms in total. The molecule has 0 bridgehead atoms. The summed E-state index contributed by atoms with van der Waals surface area (Å²) in [4.78, 5) is 35.8. The summed E-state index contributed by atoms with van der Waals surface area (Å²) in [5, 5.41) is 20.7. The minimum Gasteiger partial charge on any atom is -0.378 e. The molecule has 39 heavy (non-hydrogen) atoms. The van der Waals surface area contributed by atoms with Crippen LogP contribution in [0.15, 0.2) is 77.6 Å². The van der Waals surface area contributed by atoms with E-state index in [-0.39, 0.29) is 17.5 Å². The second-order valence-electron chi connectivity index (χ2n) is 10.2. The van der Waals surface area contributed by atoms with Gasteiger partial charge in [0.2, 0.25) is 0 Å². The van der Waals surface area contributed by atoms with Crippen molar-refractivity contribution in [1.82, 2.24) is 14.9 Å². The van der Waals surface area contributed by atoms with Crippen molar-refractivity contribution < 1.29 is 9.90 Å². The monoisotopic (exact) mass is 536 g/mol. The Bertz CT molecular complexity index is 1690. The molecule has 8 heteroatoms. The minimum absolute atomic E-state index is 0.0890. The highest BCUT2D eigenvalue weighted by Gasteiger charge is 2.48. The summed E-state index contributed by atoms with van der Waals surface area (Å²) in [5.74, 6) is 0.211. The van der Waals surface area contributed by atoms with Gasteiger partial charge in [0.05, 0.1) is 34.8 Å². The van der Waals surface area contributed by atoms with E-state index in [2.05, 4.69) is 23.2 Å². The molecule has 1 atom stereocenters. The number of aliphatic hydroxyl groups excluding tert-OH is 1. The molecule has 1 aliphatic heterocycles. The first-order valence-electron chi connectivity index (χ1n) is 12.8. The van der Waals surface area contributed by atoms with Crippen LogP contribution in [0.2, 0.25) is 5.02 Å². The quantitative estimate of drug-likeness (QED) is 0.385. The SMILES string of the molecule is N#Cc1cc(Cl)cc(-c2cccc(C(O)C(=O)N3CCc4nc(C5(c6ccccc6)CC5)[nH]c(=O)c4C3)c2)c1. The standard InChI is InChI=1S/C31H25ClN4O3/c32-24-14-19(17-33)13-22(16-24)20-5-4-6-21(15-20)27(37)29(39)36-12-9-26-25(18-36)28(38)35-30(34-26)31(10-11-31)23-7-2-1-3-8-23/h1-8,13-16,27,37H,9-12,18H2,(H,34,35,38). The van der Waals surface area contributed by atoms with Gasteiger partial charge < -0.3 is 15.0 Å². The van der Waals surface area contributed by atoms with Crippen molar-refractivity contribution in [1.29, 1.82) is 5.26 Å². The normalized spacial score (nSPS) is 16.2. The van der Waals surface area contributed by atoms with E-state index in [4.69, 9.17) is 16.6 Å². The molecule has 0 saturated heterocycles. The fourth-order valence-electron chi connectivity index (χ4n) is 5.41. The average Bonchev–Trinajstić information content (AvgIpc) is 3.79. The molecule has 194 valence electrons. The number of nitrogens with zero attached hydrogens (tertiary/aromatic N) is 3. The highest BCUT2D eigenvalue weighted by molar-refractivity contribution is 6.31. The molecule has 0 spiro atoms. The second-order valence-corrected chi connectivity index (χ2v) is 10.6. The summed E-state index contributed by atoms with van der Waals surface area (Å²) < 4.78 is 0. The molecular formula is C31H25ClN4O3. The molecule has 2 aliphatic rings. The fraction of sp³-hybridized carbons (Fsp3) is 0.226. The Balaban J connectivity index is 1.23. The van der Waals surface area contributed by atoms with Gasteiger partial charge in [-0.25, -0.2) is 4.98 Å². The first kappa shape index (κ1) is 25.1. The van der Waals surface area contributed by atoms with Gasteiger partial charge in [-0.15, -0.1) is 0 Å². The third-order valence-electron chi connectivity index (χ3n) is 7.71. The van der Waals surface area contributed by atoms with Gasteiger partial charge in [0.15, 0.2) is 6.10 Å². The van der Waals surface area contributed by atoms with Gasteiger partial charge in [0.1, 0.15) is 5.82 Å². The van der Waals surface area contributed by atoms with Crippen LogP contribution in [0.3, 0.4) is 0 Å². The zero-order chi connectivity index (χ0) is 27.1. The van der Waals surface area contributed by atoms with Gasteiger partial charge in [-0.05, 0) is 59.4 Å². The third kappa shape index (κ3) is 4.63. The molecule has 1 amide bonds. The maximum atomic E-state index is 13.3. The van der Waals surface area contributed by atoms with Crippen molar-refractivity contribution in [2.24, 2.45) is 0 Å². The minimum atomic E-state index is -1.40. The molecule has 0 radical (unpaired) electrons. The molecule has 4 aromatic rings. The van der Waals surface area contributed by atoms with Crippen LogP contribution in [0.4, 0.5) is 0 Å². The van der Waals surface area contributed by atoms with E-state index in [1.807, 2.05) is 24.3 Å². The summed E-state index contributed by atoms with van der Waals surface area (Å²) in [6.45, 7) is 0.447. The number of aromatic amines is 1. The predicted octanol–water partition coefficient (Wildman–Crippen LogP) is 4.66. The van der Waals surface area contributed by atoms with Gasteiger partial charge in [0, 0.05) is 18.0 Å². The van der Waals surface area contributed by atoms with Gasteiger partial charge in [-0.2, -0.15) is 5.26 Å². The molecule has 2 N–H and O–H groups in total. The molecule has 1 unspecified atom stereocenters. The number of halogens is 1. The average molecular weight is 537 g/mol. The first-order valence-corrected chi connectivity index (χ1v) is 13.2. The number of carbonyl (C=O) groups is 1. The summed E-state index contributed by atoms with van der Waals surface area (Å²) in [6, 6.07) is 24.2. The molecule has 1 aromatic heterocycles. The molecular weight excluding hydrogens is 512 g/mol. The first-order chi connectivity index (χ1) is 18.9. The van der Waals surface area contributed by atoms with Crippen LogP contribution in [-0.4, -0.2) is 32.4 Å². The number of hydrogen-bond donors (Lipinski definition) is 2. The lowest BCUT2D eigenvalue weighted by Crippen LogP contribution is -2.42. The number of aromatic nitrogens is 2.